The number of nitrogens with zero attached hydrogens (tertiary/aromatic N) is 4. The van der Waals surface area contributed by atoms with Crippen LogP contribution in [0.5, 0.6) is 0 Å². The molecule has 1 unspecified atom stereocenters. The third kappa shape index (κ3) is 3.28. The van der Waals surface area contributed by atoms with E-state index in [1.165, 1.54) is 0 Å². The van der Waals surface area contributed by atoms with Crippen LogP contribution in [-0.2, 0) is 6.54 Å². The minimum Gasteiger partial charge on any atom is -0.338 e. The maximum atomic E-state index is 5.28. The topological polar surface area (TPSA) is 57.4 Å². The molecule has 1 N–H and O–H groups in total. The Balaban J connectivity index is 1.95. The van der Waals surface area contributed by atoms with Crippen molar-refractivity contribution in [2.24, 2.45) is 0 Å². The third-order valence-corrected chi connectivity index (χ3v) is 3.34. The van der Waals surface area contributed by atoms with Crippen LogP contribution >= 0.6 is 0 Å². The van der Waals surface area contributed by atoms with Crippen molar-refractivity contribution in [3.63, 3.8) is 0 Å². The molecule has 2 heterocycles. The molecule has 0 spiro atoms. The SMILES string of the molecule is CCCNCc1nc(C2CN(C)CCN2C)no1. The molecule has 1 fully saturated rings. The molecule has 18 heavy (non-hydrogen) atoms. The van der Waals surface area contributed by atoms with E-state index in [1.54, 1.807) is 0 Å². The standard InChI is InChI=1S/C12H23N5O/c1-4-5-13-8-11-14-12(15-18-11)10-9-16(2)6-7-17(10)3/h10,13H,4-9H2,1-3H3. The smallest absolute Gasteiger partial charge is 0.240 e. The molecule has 6 nitrogen and oxygen atoms in total. The second-order valence-electron chi connectivity index (χ2n) is 4.98. The first-order chi connectivity index (χ1) is 8.70. The molecule has 1 aliphatic rings. The van der Waals surface area contributed by atoms with Gasteiger partial charge in [-0.2, -0.15) is 4.98 Å². The van der Waals surface area contributed by atoms with Crippen LogP contribution in [0.1, 0.15) is 31.1 Å². The zero-order valence-electron chi connectivity index (χ0n) is 11.5. The van der Waals surface area contributed by atoms with Crippen molar-refractivity contribution >= 4 is 0 Å². The summed E-state index contributed by atoms with van der Waals surface area (Å²) in [7, 11) is 4.24. The van der Waals surface area contributed by atoms with E-state index in [9.17, 15) is 0 Å². The van der Waals surface area contributed by atoms with Crippen molar-refractivity contribution in [3.05, 3.63) is 11.7 Å². The quantitative estimate of drug-likeness (QED) is 0.771. The summed E-state index contributed by atoms with van der Waals surface area (Å²) >= 11 is 0. The molecule has 0 radical (unpaired) electrons. The summed E-state index contributed by atoms with van der Waals surface area (Å²) in [4.78, 5) is 9.07. The van der Waals surface area contributed by atoms with Gasteiger partial charge in [0.25, 0.3) is 0 Å². The Hall–Kier alpha value is -0.980. The first-order valence-corrected chi connectivity index (χ1v) is 6.62. The molecule has 2 rings (SSSR count). The van der Waals surface area contributed by atoms with Crippen LogP contribution in [-0.4, -0.2) is 60.2 Å². The Labute approximate surface area is 108 Å². The van der Waals surface area contributed by atoms with Crippen LogP contribution in [0.25, 0.3) is 0 Å². The fourth-order valence-electron chi connectivity index (χ4n) is 2.14. The Morgan fingerprint density at radius 1 is 1.39 bits per heavy atom. The fraction of sp³-hybridized carbons (Fsp3) is 0.833. The molecule has 1 saturated heterocycles. The van der Waals surface area contributed by atoms with Crippen LogP contribution in [0.4, 0.5) is 0 Å². The molecule has 1 aliphatic heterocycles. The number of hydrogen-bond acceptors (Lipinski definition) is 6. The van der Waals surface area contributed by atoms with Gasteiger partial charge in [-0.25, -0.2) is 0 Å². The lowest BCUT2D eigenvalue weighted by Gasteiger charge is -2.35. The summed E-state index contributed by atoms with van der Waals surface area (Å²) in [6.45, 7) is 6.86. The summed E-state index contributed by atoms with van der Waals surface area (Å²) in [5, 5.41) is 7.38. The maximum Gasteiger partial charge on any atom is 0.240 e. The molecule has 0 amide bonds. The normalized spacial score (nSPS) is 22.5. The highest BCUT2D eigenvalue weighted by Crippen LogP contribution is 2.20. The molecule has 0 saturated carbocycles. The second kappa shape index (κ2) is 6.26. The Morgan fingerprint density at radius 2 is 2.22 bits per heavy atom. The first kappa shape index (κ1) is 13.5. The van der Waals surface area contributed by atoms with Gasteiger partial charge in [-0.3, -0.25) is 4.90 Å². The van der Waals surface area contributed by atoms with Crippen molar-refractivity contribution in [1.82, 2.24) is 25.3 Å². The van der Waals surface area contributed by atoms with Crippen LogP contribution in [0.2, 0.25) is 0 Å². The van der Waals surface area contributed by atoms with Gasteiger partial charge in [0.15, 0.2) is 5.82 Å². The third-order valence-electron chi connectivity index (χ3n) is 3.34. The van der Waals surface area contributed by atoms with Gasteiger partial charge in [-0.05, 0) is 27.1 Å². The summed E-state index contributed by atoms with van der Waals surface area (Å²) < 4.78 is 5.28. The number of hydrogen-bond donors (Lipinski definition) is 1. The van der Waals surface area contributed by atoms with Crippen molar-refractivity contribution in [1.29, 1.82) is 0 Å². The Kier molecular flexibility index (Phi) is 4.68. The van der Waals surface area contributed by atoms with Gasteiger partial charge < -0.3 is 14.7 Å². The molecule has 0 aliphatic carbocycles. The molecule has 1 atom stereocenters. The lowest BCUT2D eigenvalue weighted by Crippen LogP contribution is -2.45. The van der Waals surface area contributed by atoms with Gasteiger partial charge in [0.1, 0.15) is 0 Å². The lowest BCUT2D eigenvalue weighted by atomic mass is 10.2. The molecule has 1 aromatic rings. The van der Waals surface area contributed by atoms with Crippen molar-refractivity contribution in [2.45, 2.75) is 25.9 Å². The number of likely N-dealkylation sites (N-methyl/N-ethyl adjacent to an activating group) is 2. The molecule has 0 aromatic carbocycles. The van der Waals surface area contributed by atoms with Crippen LogP contribution < -0.4 is 5.32 Å². The Morgan fingerprint density at radius 3 is 3.00 bits per heavy atom. The summed E-state index contributed by atoms with van der Waals surface area (Å²) in [6.07, 6.45) is 1.11. The second-order valence-corrected chi connectivity index (χ2v) is 4.98. The van der Waals surface area contributed by atoms with Crippen LogP contribution in [0.3, 0.4) is 0 Å². The molecular formula is C12H23N5O. The fourth-order valence-corrected chi connectivity index (χ4v) is 2.14. The average molecular weight is 253 g/mol. The van der Waals surface area contributed by atoms with Crippen molar-refractivity contribution < 1.29 is 4.52 Å². The maximum absolute atomic E-state index is 5.28. The predicted molar refractivity (Wildman–Crippen MR) is 69.2 cm³/mol. The van der Waals surface area contributed by atoms with Gasteiger partial charge in [0.2, 0.25) is 5.89 Å². The zero-order chi connectivity index (χ0) is 13.0. The number of aromatic nitrogens is 2. The largest absolute Gasteiger partial charge is 0.338 e. The summed E-state index contributed by atoms with van der Waals surface area (Å²) in [5.74, 6) is 1.48. The van der Waals surface area contributed by atoms with E-state index in [2.05, 4.69) is 46.3 Å². The first-order valence-electron chi connectivity index (χ1n) is 6.62. The number of rotatable bonds is 5. The van der Waals surface area contributed by atoms with Gasteiger partial charge in [0.05, 0.1) is 12.6 Å². The summed E-state index contributed by atoms with van der Waals surface area (Å²) in [6, 6.07) is 0.243. The predicted octanol–water partition coefficient (Wildman–Crippen LogP) is 0.488. The highest BCUT2D eigenvalue weighted by Gasteiger charge is 2.27. The highest BCUT2D eigenvalue weighted by molar-refractivity contribution is 4.97. The van der Waals surface area contributed by atoms with Crippen LogP contribution in [0.15, 0.2) is 4.52 Å². The van der Waals surface area contributed by atoms with E-state index in [0.29, 0.717) is 12.4 Å². The van der Waals surface area contributed by atoms with E-state index in [-0.39, 0.29) is 6.04 Å². The van der Waals surface area contributed by atoms with E-state index >= 15 is 0 Å². The minimum atomic E-state index is 0.243. The molecule has 0 bridgehead atoms. The lowest BCUT2D eigenvalue weighted by molar-refractivity contribution is 0.108. The Bertz CT molecular complexity index is 367. The zero-order valence-corrected chi connectivity index (χ0v) is 11.5. The van der Waals surface area contributed by atoms with Gasteiger partial charge >= 0.3 is 0 Å². The van der Waals surface area contributed by atoms with Crippen molar-refractivity contribution in [3.8, 4) is 0 Å². The van der Waals surface area contributed by atoms with E-state index in [4.69, 9.17) is 4.52 Å². The van der Waals surface area contributed by atoms with E-state index in [1.807, 2.05) is 0 Å². The van der Waals surface area contributed by atoms with Crippen LogP contribution in [0, 0.1) is 0 Å². The molecule has 6 heteroatoms. The van der Waals surface area contributed by atoms with Gasteiger partial charge in [0, 0.05) is 19.6 Å². The van der Waals surface area contributed by atoms with E-state index in [0.717, 1.165) is 38.4 Å². The number of piperazine rings is 1. The van der Waals surface area contributed by atoms with E-state index < -0.39 is 0 Å². The van der Waals surface area contributed by atoms with Gasteiger partial charge in [-0.1, -0.05) is 12.1 Å². The van der Waals surface area contributed by atoms with Gasteiger partial charge in [-0.15, -0.1) is 0 Å². The summed E-state index contributed by atoms with van der Waals surface area (Å²) in [5.41, 5.74) is 0. The number of nitrogens with one attached hydrogen (secondary N) is 1. The molecule has 102 valence electrons. The van der Waals surface area contributed by atoms with Crippen molar-refractivity contribution in [2.75, 3.05) is 40.3 Å². The highest BCUT2D eigenvalue weighted by atomic mass is 16.5. The molecule has 1 aromatic heterocycles. The average Bonchev–Trinajstić information content (AvgIpc) is 2.81. The monoisotopic (exact) mass is 253 g/mol. The minimum absolute atomic E-state index is 0.243. The molecular weight excluding hydrogens is 230 g/mol.